The van der Waals surface area contributed by atoms with Crippen molar-refractivity contribution in [1.82, 2.24) is 19.2 Å². The van der Waals surface area contributed by atoms with Crippen molar-refractivity contribution < 1.29 is 4.79 Å². The molecule has 0 radical (unpaired) electrons. The average molecular weight is 319 g/mol. The van der Waals surface area contributed by atoms with Crippen molar-refractivity contribution in [2.75, 3.05) is 5.32 Å². The van der Waals surface area contributed by atoms with Gasteiger partial charge in [0.25, 0.3) is 0 Å². The van der Waals surface area contributed by atoms with Gasteiger partial charge in [0.1, 0.15) is 6.54 Å². The lowest BCUT2D eigenvalue weighted by molar-refractivity contribution is -0.116. The van der Waals surface area contributed by atoms with Crippen LogP contribution in [-0.4, -0.2) is 25.1 Å². The molecule has 0 saturated heterocycles. The molecule has 3 heterocycles. The number of fused-ring (bicyclic) bond motifs is 2. The van der Waals surface area contributed by atoms with Crippen molar-refractivity contribution in [2.45, 2.75) is 6.54 Å². The van der Waals surface area contributed by atoms with E-state index in [0.29, 0.717) is 16.9 Å². The molecule has 1 aromatic carbocycles. The molecule has 0 unspecified atom stereocenters. The van der Waals surface area contributed by atoms with Crippen molar-refractivity contribution >= 4 is 28.1 Å². The summed E-state index contributed by atoms with van der Waals surface area (Å²) >= 11 is 0. The molecule has 0 aliphatic heterocycles. The second-order valence-corrected chi connectivity index (χ2v) is 5.30. The Morgan fingerprint density at radius 1 is 1.08 bits per heavy atom. The molecule has 0 atom stereocenters. The van der Waals surface area contributed by atoms with Crippen LogP contribution in [0.3, 0.4) is 0 Å². The molecular formula is C17H13N5O2. The summed E-state index contributed by atoms with van der Waals surface area (Å²) in [6.45, 7) is -0.163. The normalized spacial score (nSPS) is 11.0. The molecule has 0 bridgehead atoms. The van der Waals surface area contributed by atoms with E-state index in [-0.39, 0.29) is 18.1 Å². The van der Waals surface area contributed by atoms with Crippen LogP contribution in [0.2, 0.25) is 0 Å². The second kappa shape index (κ2) is 5.62. The fraction of sp³-hybridized carbons (Fsp3) is 0.0588. The zero-order chi connectivity index (χ0) is 16.5. The summed E-state index contributed by atoms with van der Waals surface area (Å²) in [6, 6.07) is 14.5. The van der Waals surface area contributed by atoms with E-state index in [2.05, 4.69) is 15.4 Å². The van der Waals surface area contributed by atoms with Gasteiger partial charge in [-0.1, -0.05) is 24.3 Å². The number of pyridine rings is 2. The Labute approximate surface area is 136 Å². The topological polar surface area (TPSA) is 81.3 Å². The molecule has 3 aromatic heterocycles. The van der Waals surface area contributed by atoms with Gasteiger partial charge in [0.15, 0.2) is 5.65 Å². The van der Waals surface area contributed by atoms with Gasteiger partial charge in [-0.3, -0.25) is 14.2 Å². The molecule has 0 aliphatic rings. The smallest absolute Gasteiger partial charge is 0.323 e. The molecule has 7 nitrogen and oxygen atoms in total. The van der Waals surface area contributed by atoms with Gasteiger partial charge in [-0.05, 0) is 24.3 Å². The van der Waals surface area contributed by atoms with Crippen LogP contribution >= 0.6 is 0 Å². The molecule has 1 amide bonds. The van der Waals surface area contributed by atoms with Gasteiger partial charge in [0, 0.05) is 17.8 Å². The highest BCUT2D eigenvalue weighted by atomic mass is 16.2. The lowest BCUT2D eigenvalue weighted by Crippen LogP contribution is -2.28. The molecule has 0 spiro atoms. The van der Waals surface area contributed by atoms with Crippen molar-refractivity contribution in [2.24, 2.45) is 0 Å². The van der Waals surface area contributed by atoms with E-state index in [1.165, 1.54) is 4.40 Å². The van der Waals surface area contributed by atoms with Crippen molar-refractivity contribution in [3.8, 4) is 0 Å². The van der Waals surface area contributed by atoms with E-state index in [1.807, 2.05) is 24.3 Å². The van der Waals surface area contributed by atoms with Crippen LogP contribution in [0.5, 0.6) is 0 Å². The molecule has 0 fully saturated rings. The van der Waals surface area contributed by atoms with Crippen LogP contribution in [-0.2, 0) is 11.3 Å². The van der Waals surface area contributed by atoms with E-state index in [9.17, 15) is 9.59 Å². The van der Waals surface area contributed by atoms with Gasteiger partial charge in [-0.25, -0.2) is 9.48 Å². The minimum Gasteiger partial charge on any atom is -0.323 e. The van der Waals surface area contributed by atoms with Crippen molar-refractivity contribution in [1.29, 1.82) is 0 Å². The SMILES string of the molecule is O=C(Cn1nc2ccccn2c1=O)Nc1cccc2cccnc12. The molecule has 0 aliphatic carbocycles. The van der Waals surface area contributed by atoms with E-state index in [1.54, 1.807) is 36.7 Å². The number of nitrogens with one attached hydrogen (secondary N) is 1. The van der Waals surface area contributed by atoms with E-state index in [4.69, 9.17) is 0 Å². The van der Waals surface area contributed by atoms with Gasteiger partial charge in [-0.15, -0.1) is 5.10 Å². The summed E-state index contributed by atoms with van der Waals surface area (Å²) in [5.74, 6) is -0.335. The average Bonchev–Trinajstić information content (AvgIpc) is 2.91. The molecule has 24 heavy (non-hydrogen) atoms. The molecular weight excluding hydrogens is 306 g/mol. The zero-order valence-corrected chi connectivity index (χ0v) is 12.6. The highest BCUT2D eigenvalue weighted by molar-refractivity contribution is 6.00. The van der Waals surface area contributed by atoms with Gasteiger partial charge >= 0.3 is 5.69 Å². The highest BCUT2D eigenvalue weighted by Crippen LogP contribution is 2.20. The van der Waals surface area contributed by atoms with Gasteiger partial charge in [0.05, 0.1) is 11.2 Å². The van der Waals surface area contributed by atoms with Crippen LogP contribution in [0, 0.1) is 0 Å². The van der Waals surface area contributed by atoms with Gasteiger partial charge < -0.3 is 5.32 Å². The standard InChI is InChI=1S/C17H13N5O2/c23-15(11-22-17(24)21-10-2-1-8-14(21)20-22)19-13-7-3-5-12-6-4-9-18-16(12)13/h1-10H,11H2,(H,19,23). The molecule has 4 rings (SSSR count). The molecule has 4 aromatic rings. The zero-order valence-electron chi connectivity index (χ0n) is 12.6. The summed E-state index contributed by atoms with van der Waals surface area (Å²) in [6.07, 6.45) is 3.29. The molecule has 1 N–H and O–H groups in total. The van der Waals surface area contributed by atoms with Crippen LogP contribution in [0.15, 0.2) is 65.7 Å². The summed E-state index contributed by atoms with van der Waals surface area (Å²) in [5.41, 5.74) is 1.46. The quantitative estimate of drug-likeness (QED) is 0.623. The Hall–Kier alpha value is -3.48. The number of carbonyl (C=O) groups is 1. The highest BCUT2D eigenvalue weighted by Gasteiger charge is 2.11. The number of para-hydroxylation sites is 1. The van der Waals surface area contributed by atoms with Gasteiger partial charge in [-0.2, -0.15) is 0 Å². The third-order valence-electron chi connectivity index (χ3n) is 3.69. The van der Waals surface area contributed by atoms with Crippen LogP contribution < -0.4 is 11.0 Å². The second-order valence-electron chi connectivity index (χ2n) is 5.30. The summed E-state index contributed by atoms with van der Waals surface area (Å²) in [7, 11) is 0. The van der Waals surface area contributed by atoms with Crippen molar-refractivity contribution in [3.63, 3.8) is 0 Å². The minimum absolute atomic E-state index is 0.163. The number of anilines is 1. The number of nitrogens with zero attached hydrogens (tertiary/aromatic N) is 4. The predicted octanol–water partition coefficient (Wildman–Crippen LogP) is 1.68. The lowest BCUT2D eigenvalue weighted by atomic mass is 10.2. The first-order chi connectivity index (χ1) is 11.7. The lowest BCUT2D eigenvalue weighted by Gasteiger charge is -2.07. The van der Waals surface area contributed by atoms with E-state index >= 15 is 0 Å². The maximum absolute atomic E-state index is 12.3. The first-order valence-corrected chi connectivity index (χ1v) is 7.40. The maximum Gasteiger partial charge on any atom is 0.350 e. The Morgan fingerprint density at radius 3 is 2.83 bits per heavy atom. The number of carbonyl (C=O) groups excluding carboxylic acids is 1. The maximum atomic E-state index is 12.3. The Balaban J connectivity index is 1.62. The van der Waals surface area contributed by atoms with Gasteiger partial charge in [0.2, 0.25) is 5.91 Å². The Morgan fingerprint density at radius 2 is 1.96 bits per heavy atom. The number of hydrogen-bond donors (Lipinski definition) is 1. The number of benzene rings is 1. The third kappa shape index (κ3) is 2.41. The molecule has 0 saturated carbocycles. The Bertz CT molecular complexity index is 1110. The van der Waals surface area contributed by atoms with Crippen molar-refractivity contribution in [3.05, 3.63) is 71.4 Å². The van der Waals surface area contributed by atoms with Crippen LogP contribution in [0.25, 0.3) is 16.6 Å². The molecule has 7 heteroatoms. The third-order valence-corrected chi connectivity index (χ3v) is 3.69. The molecule has 118 valence electrons. The minimum atomic E-state index is -0.350. The predicted molar refractivity (Wildman–Crippen MR) is 89.8 cm³/mol. The van der Waals surface area contributed by atoms with Crippen LogP contribution in [0.4, 0.5) is 5.69 Å². The largest absolute Gasteiger partial charge is 0.350 e. The van der Waals surface area contributed by atoms with Crippen LogP contribution in [0.1, 0.15) is 0 Å². The summed E-state index contributed by atoms with van der Waals surface area (Å²) < 4.78 is 2.54. The van der Waals surface area contributed by atoms with E-state index in [0.717, 1.165) is 10.1 Å². The summed E-state index contributed by atoms with van der Waals surface area (Å²) in [4.78, 5) is 28.8. The number of hydrogen-bond acceptors (Lipinski definition) is 4. The first-order valence-electron chi connectivity index (χ1n) is 7.40. The summed E-state index contributed by atoms with van der Waals surface area (Å²) in [5, 5.41) is 7.87. The fourth-order valence-corrected chi connectivity index (χ4v) is 2.60. The monoisotopic (exact) mass is 319 g/mol. The number of amides is 1. The first kappa shape index (κ1) is 14.1. The number of aromatic nitrogens is 4. The van der Waals surface area contributed by atoms with E-state index < -0.39 is 0 Å². The fourth-order valence-electron chi connectivity index (χ4n) is 2.60. The Kier molecular flexibility index (Phi) is 3.31. The number of rotatable bonds is 3.